The minimum absolute atomic E-state index is 0.224. The van der Waals surface area contributed by atoms with Gasteiger partial charge in [0.1, 0.15) is 12.3 Å². The molecule has 3 rings (SSSR count). The van der Waals surface area contributed by atoms with Crippen molar-refractivity contribution in [3.05, 3.63) is 47.9 Å². The van der Waals surface area contributed by atoms with E-state index in [1.807, 2.05) is 6.92 Å². The van der Waals surface area contributed by atoms with Gasteiger partial charge in [-0.2, -0.15) is 0 Å². The number of nitrogens with zero attached hydrogens (tertiary/aromatic N) is 3. The molecule has 0 unspecified atom stereocenters. The molecule has 0 bridgehead atoms. The van der Waals surface area contributed by atoms with Crippen LogP contribution < -0.4 is 0 Å². The molecule has 6 heteroatoms. The molecule has 0 atom stereocenters. The van der Waals surface area contributed by atoms with Crippen LogP contribution in [-0.4, -0.2) is 25.6 Å². The summed E-state index contributed by atoms with van der Waals surface area (Å²) in [4.78, 5) is 19.7. The predicted molar refractivity (Wildman–Crippen MR) is 71.7 cm³/mol. The van der Waals surface area contributed by atoms with E-state index in [2.05, 4.69) is 9.97 Å². The number of benzene rings is 1. The molecule has 102 valence electrons. The molecule has 0 saturated heterocycles. The highest BCUT2D eigenvalue weighted by molar-refractivity contribution is 6.01. The Kier molecular flexibility index (Phi) is 2.98. The van der Waals surface area contributed by atoms with E-state index in [1.54, 1.807) is 35.3 Å². The number of fused-ring (bicyclic) bond motifs is 1. The number of carbonyl (C=O) groups is 1. The first-order chi connectivity index (χ1) is 9.69. The zero-order valence-corrected chi connectivity index (χ0v) is 10.9. The molecule has 0 aliphatic rings. The lowest BCUT2D eigenvalue weighted by Gasteiger charge is -2.03. The number of carboxylic acids is 1. The Balaban J connectivity index is 2.05. The van der Waals surface area contributed by atoms with Gasteiger partial charge in [-0.15, -0.1) is 0 Å². The Morgan fingerprint density at radius 1 is 1.40 bits per heavy atom. The lowest BCUT2D eigenvalue weighted by atomic mass is 10.2. The molecule has 0 amide bonds. The first kappa shape index (κ1) is 12.4. The Hall–Kier alpha value is -2.63. The fourth-order valence-electron chi connectivity index (χ4n) is 2.15. The fourth-order valence-corrected chi connectivity index (χ4v) is 2.15. The van der Waals surface area contributed by atoms with Crippen molar-refractivity contribution in [3.63, 3.8) is 0 Å². The molecule has 6 nitrogen and oxygen atoms in total. The van der Waals surface area contributed by atoms with E-state index < -0.39 is 5.97 Å². The monoisotopic (exact) mass is 271 g/mol. The largest absolute Gasteiger partial charge is 0.478 e. The van der Waals surface area contributed by atoms with Crippen molar-refractivity contribution >= 4 is 17.0 Å². The van der Waals surface area contributed by atoms with Crippen molar-refractivity contribution in [2.75, 3.05) is 0 Å². The first-order valence-electron chi connectivity index (χ1n) is 6.29. The number of aromatic carboxylic acids is 1. The molecule has 0 spiro atoms. The highest BCUT2D eigenvalue weighted by Gasteiger charge is 2.14. The molecular formula is C14H13N3O3. The van der Waals surface area contributed by atoms with Crippen LogP contribution in [0.5, 0.6) is 0 Å². The maximum Gasteiger partial charge on any atom is 0.337 e. The van der Waals surface area contributed by atoms with Crippen LogP contribution in [0.2, 0.25) is 0 Å². The molecule has 0 aliphatic heterocycles. The summed E-state index contributed by atoms with van der Waals surface area (Å²) in [7, 11) is 0. The lowest BCUT2D eigenvalue weighted by molar-refractivity contribution is 0.0698. The Morgan fingerprint density at radius 3 is 2.95 bits per heavy atom. The van der Waals surface area contributed by atoms with E-state index >= 15 is 0 Å². The van der Waals surface area contributed by atoms with E-state index in [-0.39, 0.29) is 5.56 Å². The zero-order valence-electron chi connectivity index (χ0n) is 10.9. The van der Waals surface area contributed by atoms with Crippen molar-refractivity contribution in [1.82, 2.24) is 14.5 Å². The second-order valence-electron chi connectivity index (χ2n) is 4.42. The van der Waals surface area contributed by atoms with E-state index in [0.29, 0.717) is 23.5 Å². The standard InChI is InChI=1S/C14H13N3O3/c1-2-9-6-15-12(20-9)7-17-8-16-11-5-3-4-10(13(11)17)14(18)19/h3-6,8H,2,7H2,1H3,(H,18,19). The number of aryl methyl sites for hydroxylation is 1. The quantitative estimate of drug-likeness (QED) is 0.787. The molecule has 0 saturated carbocycles. The number of imidazole rings is 1. The fraction of sp³-hybridized carbons (Fsp3) is 0.214. The van der Waals surface area contributed by atoms with Crippen LogP contribution in [0.3, 0.4) is 0 Å². The summed E-state index contributed by atoms with van der Waals surface area (Å²) in [6.07, 6.45) is 4.07. The van der Waals surface area contributed by atoms with E-state index in [9.17, 15) is 9.90 Å². The molecule has 3 aromatic rings. The first-order valence-corrected chi connectivity index (χ1v) is 6.29. The van der Waals surface area contributed by atoms with Gasteiger partial charge >= 0.3 is 5.97 Å². The molecule has 0 aliphatic carbocycles. The highest BCUT2D eigenvalue weighted by atomic mass is 16.4. The minimum Gasteiger partial charge on any atom is -0.478 e. The molecule has 0 radical (unpaired) electrons. The SMILES string of the molecule is CCc1cnc(Cn2cnc3cccc(C(=O)O)c32)o1. The smallest absolute Gasteiger partial charge is 0.337 e. The van der Waals surface area contributed by atoms with Gasteiger partial charge in [0.15, 0.2) is 0 Å². The number of oxazole rings is 1. The van der Waals surface area contributed by atoms with Gasteiger partial charge in [-0.25, -0.2) is 14.8 Å². The molecule has 0 fully saturated rings. The van der Waals surface area contributed by atoms with Gasteiger partial charge in [0.25, 0.3) is 0 Å². The van der Waals surface area contributed by atoms with E-state index in [0.717, 1.165) is 12.2 Å². The van der Waals surface area contributed by atoms with Crippen molar-refractivity contribution < 1.29 is 14.3 Å². The molecule has 1 N–H and O–H groups in total. The van der Waals surface area contributed by atoms with Crippen LogP contribution in [0.1, 0.15) is 28.9 Å². The predicted octanol–water partition coefficient (Wildman–Crippen LogP) is 2.33. The summed E-state index contributed by atoms with van der Waals surface area (Å²) in [5.41, 5.74) is 1.45. The van der Waals surface area contributed by atoms with Gasteiger partial charge in [-0.05, 0) is 12.1 Å². The molecule has 2 heterocycles. The second-order valence-corrected chi connectivity index (χ2v) is 4.42. The van der Waals surface area contributed by atoms with Gasteiger partial charge in [0, 0.05) is 6.42 Å². The van der Waals surface area contributed by atoms with Gasteiger partial charge in [0.05, 0.1) is 29.1 Å². The number of hydrogen-bond acceptors (Lipinski definition) is 4. The summed E-state index contributed by atoms with van der Waals surface area (Å²) in [5.74, 6) is 0.378. The van der Waals surface area contributed by atoms with Crippen molar-refractivity contribution in [2.45, 2.75) is 19.9 Å². The molecule has 2 aromatic heterocycles. The van der Waals surface area contributed by atoms with Gasteiger partial charge in [-0.3, -0.25) is 0 Å². The Bertz CT molecular complexity index is 773. The third-order valence-corrected chi connectivity index (χ3v) is 3.12. The summed E-state index contributed by atoms with van der Waals surface area (Å²) >= 11 is 0. The Morgan fingerprint density at radius 2 is 2.25 bits per heavy atom. The van der Waals surface area contributed by atoms with Crippen LogP contribution in [0.25, 0.3) is 11.0 Å². The van der Waals surface area contributed by atoms with Crippen LogP contribution in [0.4, 0.5) is 0 Å². The number of carboxylic acid groups (broad SMARTS) is 1. The number of rotatable bonds is 4. The molecule has 1 aromatic carbocycles. The van der Waals surface area contributed by atoms with Crippen molar-refractivity contribution in [1.29, 1.82) is 0 Å². The van der Waals surface area contributed by atoms with E-state index in [1.165, 1.54) is 0 Å². The van der Waals surface area contributed by atoms with Gasteiger partial charge in [-0.1, -0.05) is 13.0 Å². The number of hydrogen-bond donors (Lipinski definition) is 1. The summed E-state index contributed by atoms with van der Waals surface area (Å²) in [6, 6.07) is 5.03. The van der Waals surface area contributed by atoms with Crippen molar-refractivity contribution in [2.24, 2.45) is 0 Å². The van der Waals surface area contributed by atoms with Crippen LogP contribution in [0.15, 0.2) is 35.1 Å². The van der Waals surface area contributed by atoms with Gasteiger partial charge < -0.3 is 14.1 Å². The zero-order chi connectivity index (χ0) is 14.1. The normalized spacial score (nSPS) is 11.1. The topological polar surface area (TPSA) is 81.2 Å². The summed E-state index contributed by atoms with van der Waals surface area (Å²) in [6.45, 7) is 2.35. The highest BCUT2D eigenvalue weighted by Crippen LogP contribution is 2.19. The number of para-hydroxylation sites is 1. The van der Waals surface area contributed by atoms with Gasteiger partial charge in [0.2, 0.25) is 5.89 Å². The molecule has 20 heavy (non-hydrogen) atoms. The van der Waals surface area contributed by atoms with Crippen LogP contribution in [-0.2, 0) is 13.0 Å². The van der Waals surface area contributed by atoms with Crippen LogP contribution >= 0.6 is 0 Å². The average molecular weight is 271 g/mol. The number of aromatic nitrogens is 3. The third-order valence-electron chi connectivity index (χ3n) is 3.12. The third kappa shape index (κ3) is 2.05. The minimum atomic E-state index is -0.973. The van der Waals surface area contributed by atoms with Crippen LogP contribution in [0, 0.1) is 0 Å². The average Bonchev–Trinajstić information content (AvgIpc) is 3.06. The lowest BCUT2D eigenvalue weighted by Crippen LogP contribution is -2.04. The van der Waals surface area contributed by atoms with E-state index in [4.69, 9.17) is 4.42 Å². The summed E-state index contributed by atoms with van der Waals surface area (Å²) < 4.78 is 7.29. The Labute approximate surface area is 114 Å². The summed E-state index contributed by atoms with van der Waals surface area (Å²) in [5, 5.41) is 9.25. The van der Waals surface area contributed by atoms with Crippen molar-refractivity contribution in [3.8, 4) is 0 Å². The maximum absolute atomic E-state index is 11.3. The molecular weight excluding hydrogens is 258 g/mol. The second kappa shape index (κ2) is 4.80. The maximum atomic E-state index is 11.3.